The maximum absolute atomic E-state index is 4.48. The van der Waals surface area contributed by atoms with Gasteiger partial charge >= 0.3 is 0 Å². The molecule has 28 heavy (non-hydrogen) atoms. The van der Waals surface area contributed by atoms with E-state index in [9.17, 15) is 0 Å². The quantitative estimate of drug-likeness (QED) is 0.755. The van der Waals surface area contributed by atoms with Gasteiger partial charge in [0.05, 0.1) is 11.6 Å². The largest absolute Gasteiger partial charge is 0.369 e. The summed E-state index contributed by atoms with van der Waals surface area (Å²) < 4.78 is 2.05. The molecule has 1 atom stereocenters. The van der Waals surface area contributed by atoms with E-state index >= 15 is 0 Å². The van der Waals surface area contributed by atoms with E-state index in [1.807, 2.05) is 0 Å². The highest BCUT2D eigenvalue weighted by molar-refractivity contribution is 5.56. The molecule has 0 radical (unpaired) electrons. The molecule has 0 amide bonds. The SMILES string of the molecule is CCC(C)(C)n1nnnc1C(C(C)C)N1CCN(c2cccc(C)c2C)CC1. The topological polar surface area (TPSA) is 50.1 Å². The predicted molar refractivity (Wildman–Crippen MR) is 115 cm³/mol. The zero-order valence-electron chi connectivity index (χ0n) is 18.6. The summed E-state index contributed by atoms with van der Waals surface area (Å²) in [6.07, 6.45) is 0.996. The number of aryl methyl sites for hydroxylation is 1. The van der Waals surface area contributed by atoms with Crippen LogP contribution in [0.25, 0.3) is 0 Å². The molecule has 0 aliphatic carbocycles. The Morgan fingerprint density at radius 3 is 2.36 bits per heavy atom. The average Bonchev–Trinajstić information content (AvgIpc) is 3.15. The van der Waals surface area contributed by atoms with Crippen LogP contribution in [0.3, 0.4) is 0 Å². The van der Waals surface area contributed by atoms with Crippen molar-refractivity contribution in [3.8, 4) is 0 Å². The van der Waals surface area contributed by atoms with Gasteiger partial charge in [-0.3, -0.25) is 4.90 Å². The Labute approximate surface area is 169 Å². The molecule has 154 valence electrons. The summed E-state index contributed by atoms with van der Waals surface area (Å²) in [5, 5.41) is 12.9. The zero-order chi connectivity index (χ0) is 20.5. The number of tetrazole rings is 1. The first kappa shape index (κ1) is 20.8. The molecule has 6 heteroatoms. The predicted octanol–water partition coefficient (Wildman–Crippen LogP) is 3.95. The van der Waals surface area contributed by atoms with Gasteiger partial charge in [0.15, 0.2) is 5.82 Å². The second-order valence-corrected chi connectivity index (χ2v) is 9.05. The Hall–Kier alpha value is -1.95. The van der Waals surface area contributed by atoms with Crippen molar-refractivity contribution in [2.75, 3.05) is 31.1 Å². The van der Waals surface area contributed by atoms with Gasteiger partial charge in [0.2, 0.25) is 0 Å². The first-order valence-electron chi connectivity index (χ1n) is 10.6. The van der Waals surface area contributed by atoms with Gasteiger partial charge < -0.3 is 4.90 Å². The van der Waals surface area contributed by atoms with Crippen molar-refractivity contribution in [2.45, 2.75) is 66.5 Å². The maximum Gasteiger partial charge on any atom is 0.169 e. The van der Waals surface area contributed by atoms with E-state index in [1.54, 1.807) is 0 Å². The first-order chi connectivity index (χ1) is 13.3. The summed E-state index contributed by atoms with van der Waals surface area (Å²) in [7, 11) is 0. The van der Waals surface area contributed by atoms with Gasteiger partial charge in [-0.05, 0) is 67.7 Å². The van der Waals surface area contributed by atoms with Crippen LogP contribution in [0.15, 0.2) is 18.2 Å². The summed E-state index contributed by atoms with van der Waals surface area (Å²) in [6, 6.07) is 6.85. The first-order valence-corrected chi connectivity index (χ1v) is 10.6. The van der Waals surface area contributed by atoms with Crippen molar-refractivity contribution in [1.29, 1.82) is 0 Å². The van der Waals surface area contributed by atoms with Crippen molar-refractivity contribution in [1.82, 2.24) is 25.1 Å². The lowest BCUT2D eigenvalue weighted by Crippen LogP contribution is -2.49. The Balaban J connectivity index is 1.80. The lowest BCUT2D eigenvalue weighted by atomic mass is 9.97. The van der Waals surface area contributed by atoms with Crippen molar-refractivity contribution >= 4 is 5.69 Å². The normalized spacial score (nSPS) is 17.4. The number of benzene rings is 1. The highest BCUT2D eigenvalue weighted by Gasteiger charge is 2.34. The van der Waals surface area contributed by atoms with Crippen LogP contribution < -0.4 is 4.90 Å². The standard InChI is InChI=1S/C22H36N6/c1-8-22(6,7)28-21(23-24-25-28)20(16(2)3)27-14-12-26(13-15-27)19-11-9-10-17(4)18(19)5/h9-11,16,20H,8,12-15H2,1-7H3. The number of piperazine rings is 1. The highest BCUT2D eigenvalue weighted by atomic mass is 15.6. The number of hydrogen-bond acceptors (Lipinski definition) is 5. The molecule has 1 unspecified atom stereocenters. The molecule has 3 rings (SSSR count). The number of hydrogen-bond donors (Lipinski definition) is 0. The van der Waals surface area contributed by atoms with Crippen LogP contribution in [-0.2, 0) is 5.54 Å². The summed E-state index contributed by atoms with van der Waals surface area (Å²) in [6.45, 7) is 19.7. The molecule has 1 saturated heterocycles. The van der Waals surface area contributed by atoms with Crippen LogP contribution >= 0.6 is 0 Å². The van der Waals surface area contributed by atoms with Crippen LogP contribution in [0.5, 0.6) is 0 Å². The van der Waals surface area contributed by atoms with E-state index < -0.39 is 0 Å². The third kappa shape index (κ3) is 3.93. The van der Waals surface area contributed by atoms with E-state index in [1.165, 1.54) is 16.8 Å². The molecular weight excluding hydrogens is 348 g/mol. The summed E-state index contributed by atoms with van der Waals surface area (Å²) in [5.74, 6) is 1.45. The molecule has 1 aromatic carbocycles. The fourth-order valence-electron chi connectivity index (χ4n) is 4.16. The third-order valence-electron chi connectivity index (χ3n) is 6.45. The van der Waals surface area contributed by atoms with Crippen molar-refractivity contribution < 1.29 is 0 Å². The third-order valence-corrected chi connectivity index (χ3v) is 6.45. The van der Waals surface area contributed by atoms with Gasteiger partial charge in [-0.15, -0.1) is 5.10 Å². The van der Waals surface area contributed by atoms with Gasteiger partial charge in [-0.25, -0.2) is 4.68 Å². The van der Waals surface area contributed by atoms with E-state index in [2.05, 4.69) is 96.7 Å². The van der Waals surface area contributed by atoms with E-state index in [4.69, 9.17) is 0 Å². The van der Waals surface area contributed by atoms with Gasteiger partial charge in [0.25, 0.3) is 0 Å². The molecule has 0 bridgehead atoms. The smallest absolute Gasteiger partial charge is 0.169 e. The molecular formula is C22H36N6. The van der Waals surface area contributed by atoms with Crippen LogP contribution in [0.1, 0.15) is 64.0 Å². The molecule has 0 N–H and O–H groups in total. The second-order valence-electron chi connectivity index (χ2n) is 9.05. The highest BCUT2D eigenvalue weighted by Crippen LogP contribution is 2.32. The zero-order valence-corrected chi connectivity index (χ0v) is 18.6. The Morgan fingerprint density at radius 1 is 1.07 bits per heavy atom. The van der Waals surface area contributed by atoms with Crippen LogP contribution in [-0.4, -0.2) is 51.3 Å². The number of anilines is 1. The minimum Gasteiger partial charge on any atom is -0.369 e. The lowest BCUT2D eigenvalue weighted by molar-refractivity contribution is 0.126. The molecule has 0 saturated carbocycles. The van der Waals surface area contributed by atoms with Gasteiger partial charge in [-0.1, -0.05) is 32.9 Å². The molecule has 6 nitrogen and oxygen atoms in total. The monoisotopic (exact) mass is 384 g/mol. The Kier molecular flexibility index (Phi) is 6.08. The fraction of sp³-hybridized carbons (Fsp3) is 0.682. The van der Waals surface area contributed by atoms with E-state index in [0.29, 0.717) is 5.92 Å². The molecule has 0 spiro atoms. The minimum atomic E-state index is -0.0769. The van der Waals surface area contributed by atoms with E-state index in [-0.39, 0.29) is 11.6 Å². The average molecular weight is 385 g/mol. The van der Waals surface area contributed by atoms with Gasteiger partial charge in [0.1, 0.15) is 0 Å². The number of aromatic nitrogens is 4. The Bertz CT molecular complexity index is 786. The van der Waals surface area contributed by atoms with Crippen molar-refractivity contribution in [3.63, 3.8) is 0 Å². The molecule has 1 fully saturated rings. The lowest BCUT2D eigenvalue weighted by Gasteiger charge is -2.42. The molecule has 1 aromatic heterocycles. The van der Waals surface area contributed by atoms with Gasteiger partial charge in [0, 0.05) is 31.9 Å². The number of nitrogens with zero attached hydrogens (tertiary/aromatic N) is 6. The maximum atomic E-state index is 4.48. The van der Waals surface area contributed by atoms with Crippen LogP contribution in [0, 0.1) is 19.8 Å². The molecule has 1 aliphatic rings. The summed E-state index contributed by atoms with van der Waals surface area (Å²) in [5.41, 5.74) is 4.05. The van der Waals surface area contributed by atoms with Gasteiger partial charge in [-0.2, -0.15) is 0 Å². The molecule has 2 aromatic rings. The van der Waals surface area contributed by atoms with Crippen molar-refractivity contribution in [2.24, 2.45) is 5.92 Å². The summed E-state index contributed by atoms with van der Waals surface area (Å²) >= 11 is 0. The van der Waals surface area contributed by atoms with Crippen LogP contribution in [0.2, 0.25) is 0 Å². The fourth-order valence-corrected chi connectivity index (χ4v) is 4.16. The molecule has 2 heterocycles. The molecule has 1 aliphatic heterocycles. The van der Waals surface area contributed by atoms with Crippen LogP contribution in [0.4, 0.5) is 5.69 Å². The van der Waals surface area contributed by atoms with E-state index in [0.717, 1.165) is 38.4 Å². The second kappa shape index (κ2) is 8.19. The summed E-state index contributed by atoms with van der Waals surface area (Å²) in [4.78, 5) is 5.09. The number of rotatable bonds is 6. The Morgan fingerprint density at radius 2 is 1.75 bits per heavy atom. The van der Waals surface area contributed by atoms with Crippen molar-refractivity contribution in [3.05, 3.63) is 35.2 Å². The minimum absolute atomic E-state index is 0.0769.